The Labute approximate surface area is 228 Å². The van der Waals surface area contributed by atoms with E-state index in [1.807, 2.05) is 0 Å². The number of hydrogen-bond acceptors (Lipinski definition) is 4. The van der Waals surface area contributed by atoms with Crippen LogP contribution in [-0.4, -0.2) is 60.5 Å². The van der Waals surface area contributed by atoms with E-state index in [4.69, 9.17) is 5.11 Å². The fourth-order valence-electron chi connectivity index (χ4n) is 3.87. The van der Waals surface area contributed by atoms with Gasteiger partial charge in [0.15, 0.2) is 0 Å². The Morgan fingerprint density at radius 3 is 1.38 bits per heavy atom. The molecule has 37 heavy (non-hydrogen) atoms. The van der Waals surface area contributed by atoms with Gasteiger partial charge in [-0.25, -0.2) is 4.79 Å². The summed E-state index contributed by atoms with van der Waals surface area (Å²) in [5.74, 6) is -0.987. The molecule has 0 fully saturated rings. The van der Waals surface area contributed by atoms with E-state index in [-0.39, 0.29) is 11.8 Å². The van der Waals surface area contributed by atoms with Gasteiger partial charge in [0.05, 0.1) is 0 Å². The number of carboxylic acid groups (broad SMARTS) is 1. The predicted molar refractivity (Wildman–Crippen MR) is 156 cm³/mol. The van der Waals surface area contributed by atoms with Gasteiger partial charge in [-0.2, -0.15) is 0 Å². The normalized spacial score (nSPS) is 10.5. The second kappa shape index (κ2) is 30.3. The highest BCUT2D eigenvalue weighted by Crippen LogP contribution is 2.10. The Balaban J connectivity index is 0. The van der Waals surface area contributed by atoms with Gasteiger partial charge in [0, 0.05) is 32.0 Å². The van der Waals surface area contributed by atoms with Crippen LogP contribution in [0.1, 0.15) is 130 Å². The molecule has 0 aliphatic heterocycles. The van der Waals surface area contributed by atoms with Crippen LogP contribution in [0.5, 0.6) is 0 Å². The molecule has 0 radical (unpaired) electrons. The minimum absolute atomic E-state index is 0.00128. The van der Waals surface area contributed by atoms with Crippen molar-refractivity contribution < 1.29 is 19.5 Å². The number of nitrogens with one attached hydrogen (secondary N) is 2. The first-order chi connectivity index (χ1) is 17.9. The molecule has 2 amide bonds. The van der Waals surface area contributed by atoms with Crippen molar-refractivity contribution in [1.29, 1.82) is 0 Å². The number of carboxylic acids is 1. The lowest BCUT2D eigenvalue weighted by molar-refractivity contribution is -0.131. The summed E-state index contributed by atoms with van der Waals surface area (Å²) < 4.78 is 0. The van der Waals surface area contributed by atoms with E-state index in [1.165, 1.54) is 83.5 Å². The van der Waals surface area contributed by atoms with E-state index >= 15 is 0 Å². The van der Waals surface area contributed by atoms with Crippen LogP contribution in [0.2, 0.25) is 0 Å². The maximum Gasteiger partial charge on any atom is 0.327 e. The number of carbonyl (C=O) groups excluding carboxylic acids is 2. The molecule has 3 N–H and O–H groups in total. The van der Waals surface area contributed by atoms with Crippen LogP contribution in [-0.2, 0) is 14.4 Å². The van der Waals surface area contributed by atoms with Crippen molar-refractivity contribution in [2.45, 2.75) is 130 Å². The minimum Gasteiger partial charge on any atom is -0.478 e. The molecule has 0 aromatic carbocycles. The summed E-state index contributed by atoms with van der Waals surface area (Å²) in [7, 11) is 0. The zero-order valence-corrected chi connectivity index (χ0v) is 24.5. The highest BCUT2D eigenvalue weighted by molar-refractivity contribution is 5.83. The maximum atomic E-state index is 12.0. The van der Waals surface area contributed by atoms with Crippen molar-refractivity contribution in [3.8, 4) is 0 Å². The van der Waals surface area contributed by atoms with E-state index in [9.17, 15) is 14.4 Å². The molecule has 0 spiro atoms. The predicted octanol–water partition coefficient (Wildman–Crippen LogP) is 6.47. The highest BCUT2D eigenvalue weighted by Gasteiger charge is 2.07. The van der Waals surface area contributed by atoms with Crippen molar-refractivity contribution in [2.75, 3.05) is 32.7 Å². The zero-order chi connectivity index (χ0) is 28.0. The third-order valence-electron chi connectivity index (χ3n) is 6.24. The Hall–Kier alpha value is -1.89. The number of nitrogens with zero attached hydrogens (tertiary/aromatic N) is 1. The Kier molecular flexibility index (Phi) is 30.6. The quantitative estimate of drug-likeness (QED) is 0.0937. The number of hydrogen-bond donors (Lipinski definition) is 3. The summed E-state index contributed by atoms with van der Waals surface area (Å²) in [4.78, 5) is 35.7. The molecule has 0 saturated heterocycles. The first-order valence-corrected chi connectivity index (χ1v) is 15.0. The summed E-state index contributed by atoms with van der Waals surface area (Å²) >= 11 is 0. The first kappa shape index (κ1) is 37.3. The van der Waals surface area contributed by atoms with Crippen molar-refractivity contribution in [1.82, 2.24) is 15.5 Å². The summed E-state index contributed by atoms with van der Waals surface area (Å²) in [6.45, 7) is 14.5. The van der Waals surface area contributed by atoms with Crippen LogP contribution in [0, 0.1) is 0 Å². The van der Waals surface area contributed by atoms with E-state index < -0.39 is 5.97 Å². The van der Waals surface area contributed by atoms with E-state index in [1.54, 1.807) is 0 Å². The third-order valence-corrected chi connectivity index (χ3v) is 6.24. The summed E-state index contributed by atoms with van der Waals surface area (Å²) in [6, 6.07) is 0. The molecule has 0 saturated carbocycles. The Bertz CT molecular complexity index is 547. The van der Waals surface area contributed by atoms with Crippen molar-refractivity contribution in [2.24, 2.45) is 0 Å². The monoisotopic (exact) mass is 525 g/mol. The van der Waals surface area contributed by atoms with Crippen LogP contribution in [0.25, 0.3) is 0 Å². The number of amides is 2. The van der Waals surface area contributed by atoms with Gasteiger partial charge in [0.2, 0.25) is 11.8 Å². The van der Waals surface area contributed by atoms with Crippen LogP contribution < -0.4 is 10.6 Å². The first-order valence-electron chi connectivity index (χ1n) is 15.0. The number of aliphatic carboxylic acids is 1. The maximum absolute atomic E-state index is 12.0. The lowest BCUT2D eigenvalue weighted by atomic mass is 10.1. The molecular weight excluding hydrogens is 466 g/mol. The molecule has 7 nitrogen and oxygen atoms in total. The third kappa shape index (κ3) is 32.1. The van der Waals surface area contributed by atoms with Crippen molar-refractivity contribution >= 4 is 17.8 Å². The smallest absolute Gasteiger partial charge is 0.327 e. The molecule has 0 heterocycles. The van der Waals surface area contributed by atoms with Crippen LogP contribution in [0.15, 0.2) is 12.7 Å². The standard InChI is InChI=1S/C27H55N3O2.C3H4O2/c1-4-7-10-11-12-13-14-15-16-17-21-28-26(31)19-20-27(32)29-22-18-25-30(23-8-5-2)24-9-6-3;1-2-3(4)5/h4-25H2,1-3H3,(H,28,31)(H,29,32);2H,1H2,(H,4,5). The second-order valence-electron chi connectivity index (χ2n) is 9.83. The molecule has 7 heteroatoms. The van der Waals surface area contributed by atoms with Crippen LogP contribution >= 0.6 is 0 Å². The SMILES string of the molecule is C=CC(=O)O.CCCCCCCCCCCCNC(=O)CCC(=O)NCCCN(CCCC)CCCC. The van der Waals surface area contributed by atoms with Gasteiger partial charge in [-0.05, 0) is 45.3 Å². The summed E-state index contributed by atoms with van der Waals surface area (Å²) in [5.41, 5.74) is 0. The lowest BCUT2D eigenvalue weighted by Gasteiger charge is -2.21. The highest BCUT2D eigenvalue weighted by atomic mass is 16.4. The summed E-state index contributed by atoms with van der Waals surface area (Å²) in [5, 5.41) is 13.5. The molecule has 0 aliphatic rings. The fraction of sp³-hybridized carbons (Fsp3) is 0.833. The molecule has 0 aromatic heterocycles. The molecule has 0 unspecified atom stereocenters. The van der Waals surface area contributed by atoms with Crippen molar-refractivity contribution in [3.05, 3.63) is 12.7 Å². The van der Waals surface area contributed by atoms with Crippen LogP contribution in [0.4, 0.5) is 0 Å². The molecule has 0 aliphatic carbocycles. The number of unbranched alkanes of at least 4 members (excludes halogenated alkanes) is 11. The average Bonchev–Trinajstić information content (AvgIpc) is 2.89. The summed E-state index contributed by atoms with van der Waals surface area (Å²) in [6.07, 6.45) is 20.3. The van der Waals surface area contributed by atoms with Gasteiger partial charge < -0.3 is 20.6 Å². The van der Waals surface area contributed by atoms with E-state index in [0.717, 1.165) is 45.1 Å². The minimum atomic E-state index is -0.981. The lowest BCUT2D eigenvalue weighted by Crippen LogP contribution is -2.32. The topological polar surface area (TPSA) is 98.7 Å². The molecular formula is C30H59N3O4. The second-order valence-corrected chi connectivity index (χ2v) is 9.83. The van der Waals surface area contributed by atoms with Gasteiger partial charge in [-0.15, -0.1) is 0 Å². The van der Waals surface area contributed by atoms with Gasteiger partial charge in [0.25, 0.3) is 0 Å². The number of rotatable bonds is 25. The molecule has 218 valence electrons. The van der Waals surface area contributed by atoms with Crippen molar-refractivity contribution in [3.63, 3.8) is 0 Å². The van der Waals surface area contributed by atoms with Gasteiger partial charge in [-0.3, -0.25) is 9.59 Å². The molecule has 0 aromatic rings. The van der Waals surface area contributed by atoms with Gasteiger partial charge >= 0.3 is 5.97 Å². The number of carbonyl (C=O) groups is 3. The van der Waals surface area contributed by atoms with Gasteiger partial charge in [-0.1, -0.05) is 98.0 Å². The zero-order valence-electron chi connectivity index (χ0n) is 24.5. The molecule has 0 rings (SSSR count). The van der Waals surface area contributed by atoms with Gasteiger partial charge in [0.1, 0.15) is 0 Å². The van der Waals surface area contributed by atoms with E-state index in [2.05, 4.69) is 42.9 Å². The molecule has 0 atom stereocenters. The van der Waals surface area contributed by atoms with E-state index in [0.29, 0.717) is 19.4 Å². The Morgan fingerprint density at radius 2 is 0.973 bits per heavy atom. The average molecular weight is 526 g/mol. The molecule has 0 bridgehead atoms. The Morgan fingerprint density at radius 1 is 0.622 bits per heavy atom. The fourth-order valence-corrected chi connectivity index (χ4v) is 3.87. The van der Waals surface area contributed by atoms with Crippen LogP contribution in [0.3, 0.4) is 0 Å². The largest absolute Gasteiger partial charge is 0.478 e.